The van der Waals surface area contributed by atoms with Crippen molar-refractivity contribution in [3.05, 3.63) is 22.4 Å². The molecule has 2 heterocycles. The summed E-state index contributed by atoms with van der Waals surface area (Å²) in [5.41, 5.74) is 0. The predicted octanol–water partition coefficient (Wildman–Crippen LogP) is 1.85. The quantitative estimate of drug-likeness (QED) is 0.915. The van der Waals surface area contributed by atoms with E-state index in [0.29, 0.717) is 25.7 Å². The van der Waals surface area contributed by atoms with Crippen LogP contribution in [0, 0.1) is 5.92 Å². The Balaban J connectivity index is 1.61. The molecule has 3 rings (SSSR count). The number of hydrogen-bond donors (Lipinski definition) is 1. The highest BCUT2D eigenvalue weighted by atomic mass is 32.1. The van der Waals surface area contributed by atoms with Crippen LogP contribution in [0.25, 0.3) is 0 Å². The Morgan fingerprint density at radius 3 is 2.68 bits per heavy atom. The maximum absolute atomic E-state index is 12.4. The Hall–Kier alpha value is -1.56. The highest BCUT2D eigenvalue weighted by Gasteiger charge is 2.41. The molecule has 19 heavy (non-hydrogen) atoms. The number of thiophene rings is 1. The van der Waals surface area contributed by atoms with Crippen LogP contribution in [0.2, 0.25) is 0 Å². The van der Waals surface area contributed by atoms with Gasteiger partial charge in [-0.05, 0) is 24.3 Å². The summed E-state index contributed by atoms with van der Waals surface area (Å²) in [6.07, 6.45) is 2.13. The van der Waals surface area contributed by atoms with E-state index in [1.54, 1.807) is 16.2 Å². The van der Waals surface area contributed by atoms with Gasteiger partial charge in [0.1, 0.15) is 0 Å². The maximum atomic E-state index is 12.4. The Labute approximate surface area is 115 Å². The highest BCUT2D eigenvalue weighted by molar-refractivity contribution is 7.09. The van der Waals surface area contributed by atoms with Gasteiger partial charge in [-0.2, -0.15) is 0 Å². The van der Waals surface area contributed by atoms with Gasteiger partial charge in [0.25, 0.3) is 0 Å². The summed E-state index contributed by atoms with van der Waals surface area (Å²) >= 11 is 1.65. The van der Waals surface area contributed by atoms with Crippen LogP contribution in [0.1, 0.15) is 17.7 Å². The van der Waals surface area contributed by atoms with Gasteiger partial charge in [0.2, 0.25) is 0 Å². The molecule has 2 amide bonds. The molecule has 0 bridgehead atoms. The van der Waals surface area contributed by atoms with E-state index >= 15 is 0 Å². The summed E-state index contributed by atoms with van der Waals surface area (Å²) in [5, 5.41) is 10.9. The second-order valence-electron chi connectivity index (χ2n) is 5.16. The van der Waals surface area contributed by atoms with E-state index in [-0.39, 0.29) is 11.9 Å². The van der Waals surface area contributed by atoms with E-state index in [9.17, 15) is 9.59 Å². The molecule has 1 aliphatic heterocycles. The molecule has 0 radical (unpaired) electrons. The van der Waals surface area contributed by atoms with Gasteiger partial charge in [0.15, 0.2) is 0 Å². The number of carboxylic acid groups (broad SMARTS) is 1. The predicted molar refractivity (Wildman–Crippen MR) is 71.0 cm³/mol. The molecule has 5 nitrogen and oxygen atoms in total. The third-order valence-electron chi connectivity index (χ3n) is 3.64. The molecule has 2 aliphatic rings. The number of carbonyl (C=O) groups is 2. The first-order chi connectivity index (χ1) is 9.15. The van der Waals surface area contributed by atoms with Gasteiger partial charge in [0.05, 0.1) is 12.5 Å². The first kappa shape index (κ1) is 12.5. The van der Waals surface area contributed by atoms with Crippen LogP contribution in [-0.4, -0.2) is 46.0 Å². The van der Waals surface area contributed by atoms with E-state index in [1.807, 2.05) is 22.4 Å². The van der Waals surface area contributed by atoms with E-state index in [4.69, 9.17) is 5.11 Å². The van der Waals surface area contributed by atoms with Crippen LogP contribution in [0.5, 0.6) is 0 Å². The number of urea groups is 1. The number of nitrogens with zero attached hydrogens (tertiary/aromatic N) is 2. The standard InChI is InChI=1S/C13H16N2O3S/c16-12(17)9-6-14(7-9)13(18)15(10-3-4-10)8-11-2-1-5-19-11/h1-2,5,9-10H,3-4,6-8H2,(H,16,17). The number of rotatable bonds is 4. The van der Waals surface area contributed by atoms with Gasteiger partial charge >= 0.3 is 12.0 Å². The zero-order chi connectivity index (χ0) is 13.4. The number of carbonyl (C=O) groups excluding carboxylic acids is 1. The van der Waals surface area contributed by atoms with Crippen LogP contribution in [0.3, 0.4) is 0 Å². The van der Waals surface area contributed by atoms with Crippen molar-refractivity contribution in [1.82, 2.24) is 9.80 Å². The minimum atomic E-state index is -0.805. The lowest BCUT2D eigenvalue weighted by Crippen LogP contribution is -2.57. The number of carboxylic acids is 1. The van der Waals surface area contributed by atoms with Crippen LogP contribution in [0.15, 0.2) is 17.5 Å². The first-order valence-corrected chi connectivity index (χ1v) is 7.34. The van der Waals surface area contributed by atoms with Gasteiger partial charge in [-0.25, -0.2) is 4.79 Å². The van der Waals surface area contributed by atoms with Gasteiger partial charge in [-0.15, -0.1) is 11.3 Å². The molecule has 0 spiro atoms. The van der Waals surface area contributed by atoms with Crippen LogP contribution < -0.4 is 0 Å². The van der Waals surface area contributed by atoms with E-state index < -0.39 is 5.97 Å². The van der Waals surface area contributed by atoms with Gasteiger partial charge < -0.3 is 14.9 Å². The minimum absolute atomic E-state index is 0.00611. The summed E-state index contributed by atoms with van der Waals surface area (Å²) in [4.78, 5) is 27.8. The van der Waals surface area contributed by atoms with Crippen LogP contribution >= 0.6 is 11.3 Å². The fourth-order valence-corrected chi connectivity index (χ4v) is 2.98. The van der Waals surface area contributed by atoms with E-state index in [2.05, 4.69) is 0 Å². The van der Waals surface area contributed by atoms with E-state index in [1.165, 1.54) is 4.88 Å². The topological polar surface area (TPSA) is 60.9 Å². The van der Waals surface area contributed by atoms with Crippen molar-refractivity contribution < 1.29 is 14.7 Å². The normalized spacial score (nSPS) is 19.1. The van der Waals surface area contributed by atoms with Crippen molar-refractivity contribution in [2.45, 2.75) is 25.4 Å². The summed E-state index contributed by atoms with van der Waals surface area (Å²) in [7, 11) is 0. The lowest BCUT2D eigenvalue weighted by molar-refractivity contribution is -0.146. The monoisotopic (exact) mass is 280 g/mol. The molecular weight excluding hydrogens is 264 g/mol. The number of hydrogen-bond acceptors (Lipinski definition) is 3. The summed E-state index contributed by atoms with van der Waals surface area (Å²) in [5.74, 6) is -1.19. The van der Waals surface area contributed by atoms with Crippen LogP contribution in [0.4, 0.5) is 4.79 Å². The van der Waals surface area contributed by atoms with Crippen molar-refractivity contribution in [3.63, 3.8) is 0 Å². The zero-order valence-corrected chi connectivity index (χ0v) is 11.3. The number of likely N-dealkylation sites (tertiary alicyclic amines) is 1. The largest absolute Gasteiger partial charge is 0.481 e. The fraction of sp³-hybridized carbons (Fsp3) is 0.538. The lowest BCUT2D eigenvalue weighted by Gasteiger charge is -2.40. The molecule has 0 unspecified atom stereocenters. The second-order valence-corrected chi connectivity index (χ2v) is 6.19. The molecule has 102 valence electrons. The molecule has 1 aromatic heterocycles. The molecule has 1 aromatic rings. The SMILES string of the molecule is O=C(O)C1CN(C(=O)N(Cc2cccs2)C2CC2)C1. The molecule has 1 saturated carbocycles. The lowest BCUT2D eigenvalue weighted by atomic mass is 10.0. The highest BCUT2D eigenvalue weighted by Crippen LogP contribution is 2.31. The molecule has 1 aliphatic carbocycles. The smallest absolute Gasteiger partial charge is 0.320 e. The Morgan fingerprint density at radius 2 is 2.16 bits per heavy atom. The third kappa shape index (κ3) is 2.58. The first-order valence-electron chi connectivity index (χ1n) is 6.46. The molecule has 6 heteroatoms. The molecule has 0 aromatic carbocycles. The average Bonchev–Trinajstić information content (AvgIpc) is 3.01. The van der Waals surface area contributed by atoms with Crippen LogP contribution in [-0.2, 0) is 11.3 Å². The van der Waals surface area contributed by atoms with Crippen molar-refractivity contribution in [2.24, 2.45) is 5.92 Å². The zero-order valence-electron chi connectivity index (χ0n) is 10.5. The molecule has 2 fully saturated rings. The van der Waals surface area contributed by atoms with Gasteiger partial charge in [0, 0.05) is 24.0 Å². The van der Waals surface area contributed by atoms with Crippen molar-refractivity contribution in [1.29, 1.82) is 0 Å². The Bertz CT molecular complexity index is 478. The van der Waals surface area contributed by atoms with Gasteiger partial charge in [-0.3, -0.25) is 4.79 Å². The number of aliphatic carboxylic acids is 1. The third-order valence-corrected chi connectivity index (χ3v) is 4.50. The number of amides is 2. The van der Waals surface area contributed by atoms with E-state index in [0.717, 1.165) is 12.8 Å². The second kappa shape index (κ2) is 4.85. The Morgan fingerprint density at radius 1 is 1.42 bits per heavy atom. The fourth-order valence-electron chi connectivity index (χ4n) is 2.28. The Kier molecular flexibility index (Phi) is 3.18. The average molecular weight is 280 g/mol. The van der Waals surface area contributed by atoms with Crippen molar-refractivity contribution in [2.75, 3.05) is 13.1 Å². The summed E-state index contributed by atoms with van der Waals surface area (Å²) in [6, 6.07) is 4.36. The molecule has 1 saturated heterocycles. The molecular formula is C13H16N2O3S. The minimum Gasteiger partial charge on any atom is -0.481 e. The maximum Gasteiger partial charge on any atom is 0.320 e. The molecule has 0 atom stereocenters. The summed E-state index contributed by atoms with van der Waals surface area (Å²) < 4.78 is 0. The summed E-state index contributed by atoms with van der Waals surface area (Å²) in [6.45, 7) is 1.35. The van der Waals surface area contributed by atoms with Crippen molar-refractivity contribution in [3.8, 4) is 0 Å². The van der Waals surface area contributed by atoms with Gasteiger partial charge in [-0.1, -0.05) is 6.07 Å². The van der Waals surface area contributed by atoms with Crippen molar-refractivity contribution >= 4 is 23.3 Å². The molecule has 1 N–H and O–H groups in total.